The maximum absolute atomic E-state index is 5.06. The maximum atomic E-state index is 5.06. The van der Waals surface area contributed by atoms with Crippen LogP contribution >= 0.6 is 11.3 Å². The van der Waals surface area contributed by atoms with Gasteiger partial charge in [0.25, 0.3) is 0 Å². The smallest absolute Gasteiger partial charge is 0.186 e. The molecule has 0 atom stereocenters. The highest BCUT2D eigenvalue weighted by Crippen LogP contribution is 2.27. The van der Waals surface area contributed by atoms with Crippen LogP contribution in [-0.4, -0.2) is 37.8 Å². The van der Waals surface area contributed by atoms with Gasteiger partial charge in [-0.25, -0.2) is 4.98 Å². The van der Waals surface area contributed by atoms with E-state index >= 15 is 0 Å². The van der Waals surface area contributed by atoms with Gasteiger partial charge in [-0.15, -0.1) is 11.3 Å². The lowest BCUT2D eigenvalue weighted by Crippen LogP contribution is -2.31. The summed E-state index contributed by atoms with van der Waals surface area (Å²) in [5, 5.41) is 4.57. The Morgan fingerprint density at radius 1 is 1.33 bits per heavy atom. The molecule has 0 fully saturated rings. The third kappa shape index (κ3) is 6.32. The molecule has 122 valence electrons. The van der Waals surface area contributed by atoms with Gasteiger partial charge in [-0.2, -0.15) is 0 Å². The second-order valence-corrected chi connectivity index (χ2v) is 6.73. The molecule has 1 aromatic heterocycles. The predicted molar refractivity (Wildman–Crippen MR) is 92.4 cm³/mol. The average molecular weight is 314 g/mol. The number of nitrogens with one attached hydrogen (secondary N) is 1. The second-order valence-electron chi connectivity index (χ2n) is 5.67. The molecule has 5 heteroatoms. The Bertz CT molecular complexity index is 393. The molecular formula is C16H31N3OS. The molecule has 1 N–H and O–H groups in total. The van der Waals surface area contributed by atoms with E-state index in [1.54, 1.807) is 7.11 Å². The monoisotopic (exact) mass is 313 g/mol. The van der Waals surface area contributed by atoms with Gasteiger partial charge in [0.05, 0.1) is 12.3 Å². The fourth-order valence-electron chi connectivity index (χ4n) is 2.18. The van der Waals surface area contributed by atoms with Crippen LogP contribution in [0.25, 0.3) is 0 Å². The fraction of sp³-hybridized carbons (Fsp3) is 0.812. The predicted octanol–water partition coefficient (Wildman–Crippen LogP) is 3.59. The molecule has 1 rings (SSSR count). The van der Waals surface area contributed by atoms with Crippen LogP contribution in [0.3, 0.4) is 0 Å². The summed E-state index contributed by atoms with van der Waals surface area (Å²) in [5.74, 6) is 0. The number of aromatic nitrogens is 1. The summed E-state index contributed by atoms with van der Waals surface area (Å²) >= 11 is 1.82. The van der Waals surface area contributed by atoms with Crippen molar-refractivity contribution < 1.29 is 4.74 Å². The molecule has 4 nitrogen and oxygen atoms in total. The zero-order valence-electron chi connectivity index (χ0n) is 14.2. The first kappa shape index (κ1) is 18.4. The van der Waals surface area contributed by atoms with Gasteiger partial charge in [-0.05, 0) is 27.2 Å². The van der Waals surface area contributed by atoms with Crippen molar-refractivity contribution in [2.45, 2.75) is 59.5 Å². The van der Waals surface area contributed by atoms with Crippen LogP contribution in [0.4, 0.5) is 5.13 Å². The summed E-state index contributed by atoms with van der Waals surface area (Å²) in [6.45, 7) is 12.5. The number of ether oxygens (including phenoxy) is 1. The molecule has 21 heavy (non-hydrogen) atoms. The number of anilines is 1. The van der Waals surface area contributed by atoms with E-state index in [-0.39, 0.29) is 0 Å². The molecule has 1 heterocycles. The van der Waals surface area contributed by atoms with Gasteiger partial charge in [0.1, 0.15) is 0 Å². The van der Waals surface area contributed by atoms with Crippen molar-refractivity contribution in [2.24, 2.45) is 0 Å². The average Bonchev–Trinajstić information content (AvgIpc) is 2.80. The standard InChI is InChI=1S/C16H31N3OS/c1-6-7-8-10-19(13(2)3)16-18-14(4)15(21-16)12-17-9-11-20-5/h13,17H,6-12H2,1-5H3. The topological polar surface area (TPSA) is 37.4 Å². The van der Waals surface area contributed by atoms with E-state index in [4.69, 9.17) is 9.72 Å². The Morgan fingerprint density at radius 3 is 2.71 bits per heavy atom. The molecule has 0 aliphatic heterocycles. The summed E-state index contributed by atoms with van der Waals surface area (Å²) in [7, 11) is 1.73. The van der Waals surface area contributed by atoms with Gasteiger partial charge < -0.3 is 15.0 Å². The Balaban J connectivity index is 2.62. The SMILES string of the molecule is CCCCCN(c1nc(C)c(CNCCOC)s1)C(C)C. The zero-order chi connectivity index (χ0) is 15.7. The van der Waals surface area contributed by atoms with Gasteiger partial charge in [-0.3, -0.25) is 0 Å². The minimum atomic E-state index is 0.502. The van der Waals surface area contributed by atoms with Crippen molar-refractivity contribution in [3.05, 3.63) is 10.6 Å². The number of thiazole rings is 1. The normalized spacial score (nSPS) is 11.3. The van der Waals surface area contributed by atoms with Crippen molar-refractivity contribution in [1.29, 1.82) is 0 Å². The van der Waals surface area contributed by atoms with Crippen LogP contribution in [0.15, 0.2) is 0 Å². The second kappa shape index (κ2) is 10.1. The van der Waals surface area contributed by atoms with E-state index in [9.17, 15) is 0 Å². The van der Waals surface area contributed by atoms with Crippen molar-refractivity contribution in [3.63, 3.8) is 0 Å². The summed E-state index contributed by atoms with van der Waals surface area (Å²) < 4.78 is 5.06. The third-order valence-corrected chi connectivity index (χ3v) is 4.72. The van der Waals surface area contributed by atoms with Crippen LogP contribution in [-0.2, 0) is 11.3 Å². The van der Waals surface area contributed by atoms with Crippen LogP contribution < -0.4 is 10.2 Å². The first-order valence-electron chi connectivity index (χ1n) is 8.02. The van der Waals surface area contributed by atoms with Gasteiger partial charge in [0, 0.05) is 37.7 Å². The van der Waals surface area contributed by atoms with E-state index in [1.807, 2.05) is 11.3 Å². The molecule has 0 amide bonds. The summed E-state index contributed by atoms with van der Waals surface area (Å²) in [6.07, 6.45) is 3.80. The van der Waals surface area contributed by atoms with Crippen LogP contribution in [0.2, 0.25) is 0 Å². The Labute approximate surface area is 133 Å². The van der Waals surface area contributed by atoms with Gasteiger partial charge in [-0.1, -0.05) is 19.8 Å². The third-order valence-electron chi connectivity index (χ3n) is 3.52. The minimum Gasteiger partial charge on any atom is -0.383 e. The summed E-state index contributed by atoms with van der Waals surface area (Å²) in [4.78, 5) is 8.55. The summed E-state index contributed by atoms with van der Waals surface area (Å²) in [5.41, 5.74) is 1.15. The number of nitrogens with zero attached hydrogens (tertiary/aromatic N) is 2. The molecule has 0 spiro atoms. The zero-order valence-corrected chi connectivity index (χ0v) is 15.1. The molecule has 1 aromatic rings. The van der Waals surface area contributed by atoms with E-state index in [0.29, 0.717) is 6.04 Å². The number of unbranched alkanes of at least 4 members (excludes halogenated alkanes) is 2. The Kier molecular flexibility index (Phi) is 8.88. The Morgan fingerprint density at radius 2 is 2.10 bits per heavy atom. The molecule has 0 aliphatic rings. The minimum absolute atomic E-state index is 0.502. The van der Waals surface area contributed by atoms with Crippen LogP contribution in [0.5, 0.6) is 0 Å². The number of aryl methyl sites for hydroxylation is 1. The summed E-state index contributed by atoms with van der Waals surface area (Å²) in [6, 6.07) is 0.502. The lowest BCUT2D eigenvalue weighted by Gasteiger charge is -2.26. The van der Waals surface area contributed by atoms with Crippen LogP contribution in [0, 0.1) is 6.92 Å². The van der Waals surface area contributed by atoms with Gasteiger partial charge in [0.2, 0.25) is 0 Å². The highest BCUT2D eigenvalue weighted by molar-refractivity contribution is 7.15. The lowest BCUT2D eigenvalue weighted by atomic mass is 10.2. The van der Waals surface area contributed by atoms with Crippen molar-refractivity contribution in [2.75, 3.05) is 31.7 Å². The lowest BCUT2D eigenvalue weighted by molar-refractivity contribution is 0.199. The molecule has 0 aromatic carbocycles. The first-order chi connectivity index (χ1) is 10.1. The number of rotatable bonds is 11. The molecule has 0 unspecified atom stereocenters. The van der Waals surface area contributed by atoms with E-state index < -0.39 is 0 Å². The molecule has 0 radical (unpaired) electrons. The molecular weight excluding hydrogens is 282 g/mol. The van der Waals surface area contributed by atoms with Gasteiger partial charge in [0.15, 0.2) is 5.13 Å². The molecule has 0 bridgehead atoms. The quantitative estimate of drug-likeness (QED) is 0.634. The molecule has 0 aliphatic carbocycles. The first-order valence-corrected chi connectivity index (χ1v) is 8.84. The van der Waals surface area contributed by atoms with Crippen LogP contribution in [0.1, 0.15) is 50.6 Å². The number of methoxy groups -OCH3 is 1. The largest absolute Gasteiger partial charge is 0.383 e. The van der Waals surface area contributed by atoms with Crippen molar-refractivity contribution in [3.8, 4) is 0 Å². The number of hydrogen-bond acceptors (Lipinski definition) is 5. The Hall–Kier alpha value is -0.650. The maximum Gasteiger partial charge on any atom is 0.186 e. The number of hydrogen-bond donors (Lipinski definition) is 1. The van der Waals surface area contributed by atoms with E-state index in [0.717, 1.165) is 31.9 Å². The van der Waals surface area contributed by atoms with Crippen molar-refractivity contribution in [1.82, 2.24) is 10.3 Å². The highest BCUT2D eigenvalue weighted by Gasteiger charge is 2.16. The van der Waals surface area contributed by atoms with Gasteiger partial charge >= 0.3 is 0 Å². The molecule has 0 saturated heterocycles. The highest BCUT2D eigenvalue weighted by atomic mass is 32.1. The fourth-order valence-corrected chi connectivity index (χ4v) is 3.37. The van der Waals surface area contributed by atoms with E-state index in [2.05, 4.69) is 37.9 Å². The van der Waals surface area contributed by atoms with Crippen molar-refractivity contribution >= 4 is 16.5 Å². The molecule has 0 saturated carbocycles. The van der Waals surface area contributed by atoms with E-state index in [1.165, 1.54) is 29.3 Å².